The van der Waals surface area contributed by atoms with Crippen molar-refractivity contribution in [1.29, 1.82) is 0 Å². The molecular weight excluding hydrogens is 364 g/mol. The molecule has 2 aliphatic rings. The van der Waals surface area contributed by atoms with Crippen LogP contribution in [0, 0.1) is 6.92 Å². The van der Waals surface area contributed by atoms with Crippen LogP contribution in [0.15, 0.2) is 18.3 Å². The molecule has 0 N–H and O–H groups in total. The van der Waals surface area contributed by atoms with E-state index in [0.29, 0.717) is 28.6 Å². The first-order valence-electron chi connectivity index (χ1n) is 9.56. The van der Waals surface area contributed by atoms with Gasteiger partial charge in [-0.25, -0.2) is 4.98 Å². The highest BCUT2D eigenvalue weighted by molar-refractivity contribution is 6.30. The normalized spacial score (nSPS) is 25.6. The molecule has 2 atom stereocenters. The van der Waals surface area contributed by atoms with Crippen molar-refractivity contribution < 1.29 is 9.59 Å². The van der Waals surface area contributed by atoms with Crippen LogP contribution in [0.3, 0.4) is 0 Å². The van der Waals surface area contributed by atoms with Gasteiger partial charge in [-0.2, -0.15) is 0 Å². The highest BCUT2D eigenvalue weighted by atomic mass is 35.5. The second kappa shape index (κ2) is 6.51. The summed E-state index contributed by atoms with van der Waals surface area (Å²) in [5.74, 6) is 0.0675. The van der Waals surface area contributed by atoms with Gasteiger partial charge in [-0.05, 0) is 51.7 Å². The zero-order valence-corrected chi connectivity index (χ0v) is 16.8. The van der Waals surface area contributed by atoms with E-state index in [9.17, 15) is 9.59 Å². The molecule has 0 aliphatic carbocycles. The third-order valence-electron chi connectivity index (χ3n) is 6.25. The summed E-state index contributed by atoms with van der Waals surface area (Å²) in [6.45, 7) is 7.10. The molecule has 0 aromatic carbocycles. The van der Waals surface area contributed by atoms with Gasteiger partial charge in [0, 0.05) is 26.2 Å². The van der Waals surface area contributed by atoms with Gasteiger partial charge in [0.2, 0.25) is 5.91 Å². The number of nitrogens with zero attached hydrogens (tertiary/aromatic N) is 4. The Labute approximate surface area is 164 Å². The Hall–Kier alpha value is -2.08. The molecule has 0 unspecified atom stereocenters. The summed E-state index contributed by atoms with van der Waals surface area (Å²) in [6.07, 6.45) is 5.40. The van der Waals surface area contributed by atoms with Crippen molar-refractivity contribution >= 4 is 29.1 Å². The third-order valence-corrected chi connectivity index (χ3v) is 6.48. The predicted octanol–water partition coefficient (Wildman–Crippen LogP) is 3.30. The average molecular weight is 389 g/mol. The van der Waals surface area contributed by atoms with Gasteiger partial charge in [-0.3, -0.25) is 14.0 Å². The summed E-state index contributed by atoms with van der Waals surface area (Å²) >= 11 is 6.16. The number of pyridine rings is 1. The van der Waals surface area contributed by atoms with Crippen molar-refractivity contribution in [1.82, 2.24) is 19.2 Å². The Morgan fingerprint density at radius 1 is 1.26 bits per heavy atom. The zero-order valence-electron chi connectivity index (χ0n) is 16.0. The van der Waals surface area contributed by atoms with Gasteiger partial charge in [0.15, 0.2) is 0 Å². The number of carbonyl (C=O) groups is 2. The summed E-state index contributed by atoms with van der Waals surface area (Å²) in [6, 6.07) is 3.63. The summed E-state index contributed by atoms with van der Waals surface area (Å²) < 4.78 is 1.79. The molecule has 2 aromatic rings. The van der Waals surface area contributed by atoms with Crippen LogP contribution in [0.1, 0.15) is 55.7 Å². The van der Waals surface area contributed by atoms with E-state index >= 15 is 0 Å². The van der Waals surface area contributed by atoms with Crippen LogP contribution in [-0.2, 0) is 4.79 Å². The lowest BCUT2D eigenvalue weighted by molar-refractivity contribution is -0.143. The fraction of sp³-hybridized carbons (Fsp3) is 0.550. The standard InChI is InChI=1S/C20H25ClN4O2/c1-13-18(24-12-15(21)7-8-17(24)22-13)19(27)23-10-5-9-20(3)16(23)6-4-11-25(20)14(2)26/h7-8,12,16H,4-6,9-11H2,1-3H3/t16-,20-/m0/s1. The molecule has 2 amide bonds. The van der Waals surface area contributed by atoms with E-state index in [1.807, 2.05) is 22.8 Å². The van der Waals surface area contributed by atoms with Crippen LogP contribution in [0.25, 0.3) is 5.65 Å². The van der Waals surface area contributed by atoms with Crippen molar-refractivity contribution in [2.24, 2.45) is 0 Å². The van der Waals surface area contributed by atoms with Crippen molar-refractivity contribution in [3.8, 4) is 0 Å². The van der Waals surface area contributed by atoms with Crippen molar-refractivity contribution in [2.75, 3.05) is 13.1 Å². The molecule has 0 bridgehead atoms. The number of aryl methyl sites for hydroxylation is 1. The van der Waals surface area contributed by atoms with E-state index in [-0.39, 0.29) is 23.4 Å². The number of halogens is 1. The molecule has 0 spiro atoms. The van der Waals surface area contributed by atoms with E-state index in [1.165, 1.54) is 0 Å². The Bertz CT molecular complexity index is 924. The van der Waals surface area contributed by atoms with E-state index in [1.54, 1.807) is 23.6 Å². The Kier molecular flexibility index (Phi) is 4.41. The molecule has 2 aliphatic heterocycles. The summed E-state index contributed by atoms with van der Waals surface area (Å²) in [7, 11) is 0. The van der Waals surface area contributed by atoms with Crippen LogP contribution >= 0.6 is 11.6 Å². The van der Waals surface area contributed by atoms with Crippen LogP contribution in [0.4, 0.5) is 0 Å². The molecule has 2 fully saturated rings. The molecule has 0 radical (unpaired) electrons. The highest BCUT2D eigenvalue weighted by Gasteiger charge is 2.50. The summed E-state index contributed by atoms with van der Waals surface area (Å²) in [5, 5.41) is 0.567. The quantitative estimate of drug-likeness (QED) is 0.753. The van der Waals surface area contributed by atoms with Gasteiger partial charge < -0.3 is 9.80 Å². The van der Waals surface area contributed by atoms with E-state index in [2.05, 4.69) is 11.9 Å². The summed E-state index contributed by atoms with van der Waals surface area (Å²) in [4.78, 5) is 34.3. The highest BCUT2D eigenvalue weighted by Crippen LogP contribution is 2.40. The molecule has 4 rings (SSSR count). The maximum absolute atomic E-state index is 13.6. The molecule has 4 heterocycles. The number of rotatable bonds is 1. The van der Waals surface area contributed by atoms with Gasteiger partial charge >= 0.3 is 0 Å². The molecule has 0 saturated carbocycles. The van der Waals surface area contributed by atoms with Crippen molar-refractivity contribution in [3.05, 3.63) is 34.7 Å². The lowest BCUT2D eigenvalue weighted by Gasteiger charge is -2.56. The number of amides is 2. The number of fused-ring (bicyclic) bond motifs is 2. The van der Waals surface area contributed by atoms with Crippen LogP contribution in [-0.4, -0.2) is 55.7 Å². The van der Waals surface area contributed by atoms with Gasteiger partial charge in [0.25, 0.3) is 5.91 Å². The maximum atomic E-state index is 13.6. The van der Waals surface area contributed by atoms with Gasteiger partial charge in [0.05, 0.1) is 22.3 Å². The molecule has 2 aromatic heterocycles. The van der Waals surface area contributed by atoms with Gasteiger partial charge in [-0.1, -0.05) is 11.6 Å². The first-order chi connectivity index (χ1) is 12.8. The topological polar surface area (TPSA) is 57.9 Å². The fourth-order valence-corrected chi connectivity index (χ4v) is 5.20. The van der Waals surface area contributed by atoms with Crippen LogP contribution in [0.2, 0.25) is 5.02 Å². The van der Waals surface area contributed by atoms with E-state index < -0.39 is 0 Å². The number of likely N-dealkylation sites (tertiary alicyclic amines) is 2. The monoisotopic (exact) mass is 388 g/mol. The smallest absolute Gasteiger partial charge is 0.273 e. The van der Waals surface area contributed by atoms with Gasteiger partial charge in [-0.15, -0.1) is 0 Å². The predicted molar refractivity (Wildman–Crippen MR) is 104 cm³/mol. The molecule has 7 heteroatoms. The first kappa shape index (κ1) is 18.3. The van der Waals surface area contributed by atoms with Gasteiger partial charge in [0.1, 0.15) is 11.3 Å². The number of aromatic nitrogens is 2. The van der Waals surface area contributed by atoms with Crippen molar-refractivity contribution in [3.63, 3.8) is 0 Å². The minimum absolute atomic E-state index is 0.0245. The number of hydrogen-bond donors (Lipinski definition) is 0. The van der Waals surface area contributed by atoms with Crippen LogP contribution in [0.5, 0.6) is 0 Å². The second-order valence-electron chi connectivity index (χ2n) is 7.91. The average Bonchev–Trinajstić information content (AvgIpc) is 2.94. The third kappa shape index (κ3) is 2.81. The van der Waals surface area contributed by atoms with Crippen molar-refractivity contribution in [2.45, 2.75) is 58.0 Å². The Morgan fingerprint density at radius 3 is 2.78 bits per heavy atom. The minimum atomic E-state index is -0.302. The second-order valence-corrected chi connectivity index (χ2v) is 8.35. The molecule has 2 saturated heterocycles. The lowest BCUT2D eigenvalue weighted by Crippen LogP contribution is -2.68. The SMILES string of the molecule is CC(=O)N1CCC[C@@H]2N(C(=O)c3c(C)nc4ccc(Cl)cn34)CCC[C@@]21C. The van der Waals surface area contributed by atoms with Crippen LogP contribution < -0.4 is 0 Å². The lowest BCUT2D eigenvalue weighted by atomic mass is 9.76. The minimum Gasteiger partial charge on any atom is -0.335 e. The summed E-state index contributed by atoms with van der Waals surface area (Å²) in [5.41, 5.74) is 1.68. The number of piperidine rings is 2. The van der Waals surface area contributed by atoms with E-state index in [4.69, 9.17) is 11.6 Å². The zero-order chi connectivity index (χ0) is 19.3. The molecule has 27 heavy (non-hydrogen) atoms. The number of hydrogen-bond acceptors (Lipinski definition) is 3. The Balaban J connectivity index is 1.75. The molecule has 144 valence electrons. The number of carbonyl (C=O) groups excluding carboxylic acids is 2. The number of imidazole rings is 1. The first-order valence-corrected chi connectivity index (χ1v) is 9.94. The fourth-order valence-electron chi connectivity index (χ4n) is 5.04. The van der Waals surface area contributed by atoms with E-state index in [0.717, 1.165) is 32.2 Å². The maximum Gasteiger partial charge on any atom is 0.273 e. The Morgan fingerprint density at radius 2 is 2.04 bits per heavy atom. The molecule has 6 nitrogen and oxygen atoms in total. The molecular formula is C20H25ClN4O2. The largest absolute Gasteiger partial charge is 0.335 e.